The summed E-state index contributed by atoms with van der Waals surface area (Å²) in [4.78, 5) is 19.9. The third kappa shape index (κ3) is 3.28. The summed E-state index contributed by atoms with van der Waals surface area (Å²) in [6.45, 7) is 6.06. The normalized spacial score (nSPS) is 11.4. The van der Waals surface area contributed by atoms with Crippen LogP contribution in [-0.2, 0) is 0 Å². The molecule has 0 spiro atoms. The number of nitrogen functional groups attached to an aromatic ring is 1. The Balaban J connectivity index is 1.74. The van der Waals surface area contributed by atoms with Gasteiger partial charge >= 0.3 is 0 Å². The molecular formula is C26H23N3O2. The molecule has 0 saturated carbocycles. The van der Waals surface area contributed by atoms with Crippen LogP contribution in [0.25, 0.3) is 44.5 Å². The molecule has 0 unspecified atom stereocenters. The van der Waals surface area contributed by atoms with Crippen molar-refractivity contribution < 1.29 is 4.42 Å². The first-order chi connectivity index (χ1) is 15.1. The molecule has 0 atom stereocenters. The van der Waals surface area contributed by atoms with Crippen LogP contribution >= 0.6 is 0 Å². The molecule has 3 aromatic rings. The molecule has 0 radical (unpaired) electrons. The third-order valence-corrected chi connectivity index (χ3v) is 5.80. The van der Waals surface area contributed by atoms with Crippen molar-refractivity contribution in [2.24, 2.45) is 0 Å². The second-order valence-electron chi connectivity index (χ2n) is 7.64. The van der Waals surface area contributed by atoms with E-state index < -0.39 is 0 Å². The average Bonchev–Trinajstić information content (AvgIpc) is 2.79. The number of rotatable bonds is 4. The van der Waals surface area contributed by atoms with Gasteiger partial charge in [-0.15, -0.1) is 0 Å². The van der Waals surface area contributed by atoms with Crippen molar-refractivity contribution in [3.63, 3.8) is 0 Å². The van der Waals surface area contributed by atoms with E-state index in [1.807, 2.05) is 54.6 Å². The van der Waals surface area contributed by atoms with E-state index in [2.05, 4.69) is 24.8 Å². The first-order valence-electron chi connectivity index (χ1n) is 10.5. The Labute approximate surface area is 180 Å². The van der Waals surface area contributed by atoms with Gasteiger partial charge in [0, 0.05) is 47.4 Å². The molecule has 0 saturated heterocycles. The summed E-state index contributed by atoms with van der Waals surface area (Å²) in [5.74, 6) is 0.496. The maximum atomic E-state index is 12.8. The molecule has 2 N–H and O–H groups in total. The highest BCUT2D eigenvalue weighted by atomic mass is 16.3. The number of fused-ring (bicyclic) bond motifs is 4. The fourth-order valence-corrected chi connectivity index (χ4v) is 4.10. The summed E-state index contributed by atoms with van der Waals surface area (Å²) in [5.41, 5.74) is 11.7. The molecule has 3 aromatic carbocycles. The van der Waals surface area contributed by atoms with Crippen LogP contribution in [0.3, 0.4) is 0 Å². The highest BCUT2D eigenvalue weighted by molar-refractivity contribution is 5.99. The van der Waals surface area contributed by atoms with E-state index in [0.29, 0.717) is 28.1 Å². The SMILES string of the molecule is CCN(CC)c1ccc2nc3c4cc(-c5ccc(N)cc5)ccc4c(=O)cc-3oc2c1. The molecule has 31 heavy (non-hydrogen) atoms. The van der Waals surface area contributed by atoms with Crippen LogP contribution in [0.2, 0.25) is 0 Å². The minimum absolute atomic E-state index is 0.0730. The average molecular weight is 409 g/mol. The summed E-state index contributed by atoms with van der Waals surface area (Å²) < 4.78 is 6.17. The highest BCUT2D eigenvalue weighted by Crippen LogP contribution is 2.34. The zero-order chi connectivity index (χ0) is 21.5. The lowest BCUT2D eigenvalue weighted by atomic mass is 9.98. The van der Waals surface area contributed by atoms with E-state index in [1.165, 1.54) is 6.07 Å². The highest BCUT2D eigenvalue weighted by Gasteiger charge is 2.17. The molecule has 1 heterocycles. The number of nitrogens with zero attached hydrogens (tertiary/aromatic N) is 2. The van der Waals surface area contributed by atoms with Crippen LogP contribution in [0, 0.1) is 0 Å². The van der Waals surface area contributed by atoms with Crippen LogP contribution in [0.15, 0.2) is 75.9 Å². The van der Waals surface area contributed by atoms with Crippen LogP contribution in [0.1, 0.15) is 13.8 Å². The summed E-state index contributed by atoms with van der Waals surface area (Å²) in [6, 6.07) is 21.1. The molecule has 1 aliphatic heterocycles. The molecule has 5 rings (SSSR count). The maximum absolute atomic E-state index is 12.8. The lowest BCUT2D eigenvalue weighted by molar-refractivity contribution is 0.613. The van der Waals surface area contributed by atoms with Crippen LogP contribution in [0.4, 0.5) is 11.4 Å². The van der Waals surface area contributed by atoms with Gasteiger partial charge in [-0.2, -0.15) is 0 Å². The Morgan fingerprint density at radius 3 is 2.35 bits per heavy atom. The Kier molecular flexibility index (Phi) is 4.59. The van der Waals surface area contributed by atoms with Gasteiger partial charge < -0.3 is 15.1 Å². The number of aromatic nitrogens is 1. The van der Waals surface area contributed by atoms with E-state index in [-0.39, 0.29) is 5.43 Å². The minimum Gasteiger partial charge on any atom is -0.453 e. The Hall–Kier alpha value is -3.86. The second kappa shape index (κ2) is 7.43. The van der Waals surface area contributed by atoms with E-state index in [4.69, 9.17) is 15.1 Å². The van der Waals surface area contributed by atoms with Crippen molar-refractivity contribution in [2.45, 2.75) is 13.8 Å². The standard InChI is InChI=1S/C26H23N3O2/c1-3-29(4-2)19-10-12-22-24(14-19)31-25-15-23(30)20-11-7-17(13-21(20)26(25)28-22)16-5-8-18(27)9-6-16/h5-15H,3-4,27H2,1-2H3. The van der Waals surface area contributed by atoms with Gasteiger partial charge in [-0.25, -0.2) is 4.98 Å². The van der Waals surface area contributed by atoms with Gasteiger partial charge in [0.1, 0.15) is 11.2 Å². The molecular weight excluding hydrogens is 386 g/mol. The van der Waals surface area contributed by atoms with Crippen molar-refractivity contribution in [3.05, 3.63) is 77.0 Å². The molecule has 0 bridgehead atoms. The predicted molar refractivity (Wildman–Crippen MR) is 128 cm³/mol. The first-order valence-corrected chi connectivity index (χ1v) is 10.5. The van der Waals surface area contributed by atoms with Crippen molar-refractivity contribution in [1.82, 2.24) is 4.98 Å². The largest absolute Gasteiger partial charge is 0.453 e. The molecule has 5 heteroatoms. The van der Waals surface area contributed by atoms with Gasteiger partial charge in [-0.1, -0.05) is 18.2 Å². The molecule has 1 aliphatic carbocycles. The maximum Gasteiger partial charge on any atom is 0.190 e. The third-order valence-electron chi connectivity index (χ3n) is 5.80. The van der Waals surface area contributed by atoms with Crippen molar-refractivity contribution >= 4 is 33.2 Å². The summed E-state index contributed by atoms with van der Waals surface area (Å²) in [5, 5.41) is 1.42. The van der Waals surface area contributed by atoms with Crippen molar-refractivity contribution in [2.75, 3.05) is 23.7 Å². The van der Waals surface area contributed by atoms with Gasteiger partial charge in [-0.05, 0) is 61.4 Å². The van der Waals surface area contributed by atoms with E-state index >= 15 is 0 Å². The number of hydrogen-bond acceptors (Lipinski definition) is 5. The first kappa shape index (κ1) is 19.1. The van der Waals surface area contributed by atoms with Gasteiger partial charge in [0.05, 0.1) is 0 Å². The molecule has 5 nitrogen and oxygen atoms in total. The second-order valence-corrected chi connectivity index (χ2v) is 7.64. The minimum atomic E-state index is -0.0730. The van der Waals surface area contributed by atoms with Crippen LogP contribution in [0.5, 0.6) is 0 Å². The predicted octanol–water partition coefficient (Wildman–Crippen LogP) is 5.54. The van der Waals surface area contributed by atoms with Crippen LogP contribution in [-0.4, -0.2) is 18.1 Å². The fourth-order valence-electron chi connectivity index (χ4n) is 4.10. The zero-order valence-corrected chi connectivity index (χ0v) is 17.6. The number of anilines is 2. The molecule has 0 aromatic heterocycles. The lowest BCUT2D eigenvalue weighted by Gasteiger charge is -2.21. The Morgan fingerprint density at radius 2 is 1.61 bits per heavy atom. The van der Waals surface area contributed by atoms with Crippen molar-refractivity contribution in [3.8, 4) is 22.6 Å². The number of benzene rings is 4. The number of hydrogen-bond donors (Lipinski definition) is 1. The Morgan fingerprint density at radius 1 is 0.871 bits per heavy atom. The van der Waals surface area contributed by atoms with E-state index in [0.717, 1.165) is 40.8 Å². The van der Waals surface area contributed by atoms with E-state index in [9.17, 15) is 4.79 Å². The van der Waals surface area contributed by atoms with Gasteiger partial charge in [0.2, 0.25) is 0 Å². The number of nitrogens with two attached hydrogens (primary N) is 1. The zero-order valence-electron chi connectivity index (χ0n) is 17.6. The molecule has 154 valence electrons. The summed E-state index contributed by atoms with van der Waals surface area (Å²) in [7, 11) is 0. The van der Waals surface area contributed by atoms with Gasteiger partial charge in [0.25, 0.3) is 0 Å². The smallest absolute Gasteiger partial charge is 0.190 e. The lowest BCUT2D eigenvalue weighted by Crippen LogP contribution is -2.21. The fraction of sp³-hybridized carbons (Fsp3) is 0.154. The van der Waals surface area contributed by atoms with Crippen molar-refractivity contribution in [1.29, 1.82) is 0 Å². The molecule has 2 aliphatic rings. The van der Waals surface area contributed by atoms with E-state index in [1.54, 1.807) is 0 Å². The topological polar surface area (TPSA) is 72.4 Å². The van der Waals surface area contributed by atoms with Crippen LogP contribution < -0.4 is 16.1 Å². The summed E-state index contributed by atoms with van der Waals surface area (Å²) in [6.07, 6.45) is 0. The summed E-state index contributed by atoms with van der Waals surface area (Å²) >= 11 is 0. The molecule has 0 fully saturated rings. The van der Waals surface area contributed by atoms with Gasteiger partial charge in [-0.3, -0.25) is 4.79 Å². The van der Waals surface area contributed by atoms with Gasteiger partial charge in [0.15, 0.2) is 16.8 Å². The Bertz CT molecular complexity index is 1430. The molecule has 0 amide bonds. The quantitative estimate of drug-likeness (QED) is 0.240. The monoisotopic (exact) mass is 409 g/mol.